The van der Waals surface area contributed by atoms with Crippen LogP contribution in [0.5, 0.6) is 5.75 Å². The van der Waals surface area contributed by atoms with Gasteiger partial charge in [0.1, 0.15) is 5.75 Å². The number of piperidine rings is 1. The van der Waals surface area contributed by atoms with Gasteiger partial charge < -0.3 is 24.4 Å². The molecule has 1 aromatic rings. The molecule has 2 aliphatic heterocycles. The van der Waals surface area contributed by atoms with Crippen LogP contribution in [0, 0.1) is 5.92 Å². The summed E-state index contributed by atoms with van der Waals surface area (Å²) in [6.45, 7) is 5.91. The van der Waals surface area contributed by atoms with E-state index in [0.717, 1.165) is 38.3 Å². The number of halogens is 3. The van der Waals surface area contributed by atoms with Crippen molar-refractivity contribution in [3.8, 4) is 5.75 Å². The van der Waals surface area contributed by atoms with Crippen LogP contribution in [-0.4, -0.2) is 85.5 Å². The largest absolute Gasteiger partial charge is 0.497 e. The minimum absolute atomic E-state index is 0.103. The summed E-state index contributed by atoms with van der Waals surface area (Å²) >= 11 is 0. The molecule has 10 heteroatoms. The van der Waals surface area contributed by atoms with Crippen LogP contribution in [0.3, 0.4) is 0 Å². The fraction of sp³-hybridized carbons (Fsp3) is 0.600. The molecule has 168 valence electrons. The first-order chi connectivity index (χ1) is 14.1. The van der Waals surface area contributed by atoms with Crippen molar-refractivity contribution in [3.63, 3.8) is 0 Å². The first kappa shape index (κ1) is 23.9. The third-order valence-corrected chi connectivity index (χ3v) is 5.51. The molecule has 0 radical (unpaired) electrons. The number of ether oxygens (including phenoxy) is 2. The summed E-state index contributed by atoms with van der Waals surface area (Å²) in [6, 6.07) is 7.68. The van der Waals surface area contributed by atoms with Crippen molar-refractivity contribution in [1.29, 1.82) is 0 Å². The van der Waals surface area contributed by atoms with Crippen LogP contribution >= 0.6 is 0 Å². The number of likely N-dealkylation sites (N-methyl/N-ethyl adjacent to an activating group) is 1. The number of likely N-dealkylation sites (tertiary alicyclic amines) is 2. The maximum absolute atomic E-state index is 13.0. The molecule has 2 fully saturated rings. The van der Waals surface area contributed by atoms with Crippen LogP contribution in [0.2, 0.25) is 0 Å². The molecule has 1 amide bonds. The molecule has 2 saturated heterocycles. The van der Waals surface area contributed by atoms with Gasteiger partial charge in [0.25, 0.3) is 5.91 Å². The van der Waals surface area contributed by atoms with Gasteiger partial charge in [0.2, 0.25) is 0 Å². The number of nitrogens with zero attached hydrogens (tertiary/aromatic N) is 2. The van der Waals surface area contributed by atoms with E-state index < -0.39 is 12.1 Å². The quantitative estimate of drug-likeness (QED) is 0.788. The number of hydrogen-bond donors (Lipinski definition) is 1. The van der Waals surface area contributed by atoms with E-state index in [1.807, 2.05) is 29.2 Å². The van der Waals surface area contributed by atoms with E-state index in [4.69, 9.17) is 19.4 Å². The summed E-state index contributed by atoms with van der Waals surface area (Å²) < 4.78 is 42.7. The number of fused-ring (bicyclic) bond motifs is 1. The summed E-state index contributed by atoms with van der Waals surface area (Å²) in [5, 5.41) is 7.12. The van der Waals surface area contributed by atoms with Gasteiger partial charge in [0.05, 0.1) is 19.3 Å². The number of carbonyl (C=O) groups is 2. The molecule has 0 aromatic heterocycles. The number of rotatable bonds is 4. The van der Waals surface area contributed by atoms with Gasteiger partial charge in [-0.3, -0.25) is 4.79 Å². The second-order valence-electron chi connectivity index (χ2n) is 7.18. The van der Waals surface area contributed by atoms with E-state index in [-0.39, 0.29) is 18.1 Å². The van der Waals surface area contributed by atoms with E-state index in [1.54, 1.807) is 14.2 Å². The third kappa shape index (κ3) is 5.63. The zero-order chi connectivity index (χ0) is 22.5. The molecule has 1 N–H and O–H groups in total. The van der Waals surface area contributed by atoms with Crippen LogP contribution in [0.25, 0.3) is 0 Å². The Morgan fingerprint density at radius 3 is 2.43 bits per heavy atom. The topological polar surface area (TPSA) is 79.3 Å². The van der Waals surface area contributed by atoms with Gasteiger partial charge in [0, 0.05) is 38.2 Å². The lowest BCUT2D eigenvalue weighted by Crippen LogP contribution is -2.53. The second kappa shape index (κ2) is 10.1. The van der Waals surface area contributed by atoms with Crippen LogP contribution in [0.4, 0.5) is 13.2 Å². The highest BCUT2D eigenvalue weighted by Gasteiger charge is 2.45. The highest BCUT2D eigenvalue weighted by atomic mass is 19.4. The van der Waals surface area contributed by atoms with E-state index in [0.29, 0.717) is 11.5 Å². The minimum atomic E-state index is -5.08. The molecular weight excluding hydrogens is 405 g/mol. The van der Waals surface area contributed by atoms with E-state index >= 15 is 0 Å². The monoisotopic (exact) mass is 432 g/mol. The molecule has 1 aromatic carbocycles. The number of carboxylic acid groups (broad SMARTS) is 1. The Morgan fingerprint density at radius 1 is 1.23 bits per heavy atom. The predicted molar refractivity (Wildman–Crippen MR) is 103 cm³/mol. The highest BCUT2D eigenvalue weighted by Crippen LogP contribution is 2.33. The third-order valence-electron chi connectivity index (χ3n) is 5.51. The number of hydrogen-bond acceptors (Lipinski definition) is 5. The van der Waals surface area contributed by atoms with Crippen LogP contribution in [-0.2, 0) is 9.53 Å². The van der Waals surface area contributed by atoms with Crippen LogP contribution in [0.1, 0.15) is 23.7 Å². The molecule has 2 heterocycles. The Hall–Kier alpha value is -2.33. The molecule has 0 unspecified atom stereocenters. The van der Waals surface area contributed by atoms with Crippen LogP contribution < -0.4 is 4.74 Å². The number of methoxy groups -OCH3 is 2. The smallest absolute Gasteiger partial charge is 0.490 e. The van der Waals surface area contributed by atoms with Crippen molar-refractivity contribution in [3.05, 3.63) is 29.8 Å². The lowest BCUT2D eigenvalue weighted by Gasteiger charge is -2.41. The van der Waals surface area contributed by atoms with Crippen LogP contribution in [0.15, 0.2) is 24.3 Å². The molecule has 7 nitrogen and oxygen atoms in total. The summed E-state index contributed by atoms with van der Waals surface area (Å²) in [6.07, 6.45) is -3.92. The van der Waals surface area contributed by atoms with Crippen molar-refractivity contribution in [2.24, 2.45) is 5.92 Å². The maximum Gasteiger partial charge on any atom is 0.490 e. The van der Waals surface area contributed by atoms with Gasteiger partial charge in [-0.2, -0.15) is 13.2 Å². The Balaban J connectivity index is 0.000000396. The molecule has 30 heavy (non-hydrogen) atoms. The average Bonchev–Trinajstić information content (AvgIpc) is 3.17. The van der Waals surface area contributed by atoms with Crippen molar-refractivity contribution < 1.29 is 37.3 Å². The zero-order valence-electron chi connectivity index (χ0n) is 17.2. The Morgan fingerprint density at radius 2 is 1.90 bits per heavy atom. The van der Waals surface area contributed by atoms with E-state index in [2.05, 4.69) is 11.8 Å². The molecule has 3 rings (SSSR count). The first-order valence-corrected chi connectivity index (χ1v) is 9.62. The van der Waals surface area contributed by atoms with Gasteiger partial charge in [-0.1, -0.05) is 13.0 Å². The number of aliphatic carboxylic acids is 1. The van der Waals surface area contributed by atoms with E-state index in [1.165, 1.54) is 0 Å². The average molecular weight is 432 g/mol. The maximum atomic E-state index is 13.0. The normalized spacial score (nSPS) is 23.9. The van der Waals surface area contributed by atoms with Gasteiger partial charge in [0.15, 0.2) is 0 Å². The Kier molecular flexibility index (Phi) is 8.08. The number of amides is 1. The van der Waals surface area contributed by atoms with Gasteiger partial charge in [-0.15, -0.1) is 0 Å². The predicted octanol–water partition coefficient (Wildman–Crippen LogP) is 2.51. The number of alkyl halides is 3. The summed E-state index contributed by atoms with van der Waals surface area (Å²) in [5.74, 6) is -1.53. The number of carboxylic acids is 1. The fourth-order valence-corrected chi connectivity index (χ4v) is 3.96. The first-order valence-electron chi connectivity index (χ1n) is 9.62. The minimum Gasteiger partial charge on any atom is -0.497 e. The number of benzene rings is 1. The van der Waals surface area contributed by atoms with Gasteiger partial charge in [-0.25, -0.2) is 4.79 Å². The lowest BCUT2D eigenvalue weighted by molar-refractivity contribution is -0.192. The Bertz CT molecular complexity index is 743. The van der Waals surface area contributed by atoms with Crippen molar-refractivity contribution in [1.82, 2.24) is 9.80 Å². The zero-order valence-corrected chi connectivity index (χ0v) is 17.2. The highest BCUT2D eigenvalue weighted by molar-refractivity contribution is 5.95. The van der Waals surface area contributed by atoms with Crippen molar-refractivity contribution in [2.75, 3.05) is 40.4 Å². The summed E-state index contributed by atoms with van der Waals surface area (Å²) in [7, 11) is 3.41. The van der Waals surface area contributed by atoms with Crippen molar-refractivity contribution in [2.45, 2.75) is 31.7 Å². The molecule has 2 aliphatic rings. The Labute approximate surface area is 173 Å². The second-order valence-corrected chi connectivity index (χ2v) is 7.18. The molecule has 0 bridgehead atoms. The molecular formula is C20H27F3N2O5. The summed E-state index contributed by atoms with van der Waals surface area (Å²) in [4.78, 5) is 26.4. The molecule has 0 spiro atoms. The van der Waals surface area contributed by atoms with Crippen molar-refractivity contribution >= 4 is 11.9 Å². The molecule has 0 saturated carbocycles. The van der Waals surface area contributed by atoms with Gasteiger partial charge >= 0.3 is 12.1 Å². The summed E-state index contributed by atoms with van der Waals surface area (Å²) in [5.41, 5.74) is 0.703. The number of carbonyl (C=O) groups excluding carboxylic acids is 1. The standard InChI is InChI=1S/C18H26N2O3.C2HF3O2/c1-4-19-11-15-16(12-19)20(9-8-17(15)23-3)18(21)13-6-5-7-14(10-13)22-2;3-2(4,5)1(6)7/h5-7,10,15-17H,4,8-9,11-12H2,1-3H3;(H,6,7)/t15-,16+,17+;/m0./s1. The fourth-order valence-electron chi connectivity index (χ4n) is 3.96. The molecule has 0 aliphatic carbocycles. The molecule has 3 atom stereocenters. The SMILES string of the molecule is CCN1C[C@H]2[C@@H](C1)N(C(=O)c1cccc(OC)c1)CC[C@H]2OC.O=C(O)C(F)(F)F. The lowest BCUT2D eigenvalue weighted by atomic mass is 9.88. The van der Waals surface area contributed by atoms with E-state index in [9.17, 15) is 18.0 Å². The van der Waals surface area contributed by atoms with Gasteiger partial charge in [-0.05, 0) is 31.2 Å².